The van der Waals surface area contributed by atoms with Crippen LogP contribution in [0.4, 0.5) is 17.6 Å². The molecule has 0 aliphatic carbocycles. The topological polar surface area (TPSA) is 71.1 Å². The largest absolute Gasteiger partial charge is 0.534 e. The van der Waals surface area contributed by atoms with E-state index in [9.17, 15) is 26.0 Å². The lowest BCUT2D eigenvalue weighted by atomic mass is 9.92. The monoisotopic (exact) mass is 372 g/mol. The zero-order valence-electron chi connectivity index (χ0n) is 12.2. The van der Waals surface area contributed by atoms with Crippen LogP contribution >= 0.6 is 0 Å². The summed E-state index contributed by atoms with van der Waals surface area (Å²) in [5.41, 5.74) is -5.62. The Morgan fingerprint density at radius 2 is 1.75 bits per heavy atom. The molecule has 2 rings (SSSR count). The van der Waals surface area contributed by atoms with Crippen LogP contribution in [0.15, 0.2) is 18.2 Å². The van der Waals surface area contributed by atoms with Crippen molar-refractivity contribution >= 4 is 17.2 Å². The van der Waals surface area contributed by atoms with Crippen molar-refractivity contribution in [2.24, 2.45) is 0 Å². The minimum absolute atomic E-state index is 0.272. The summed E-state index contributed by atoms with van der Waals surface area (Å²) in [6, 6.07) is 2.17. The molecule has 0 atom stereocenters. The molecule has 0 aromatic heterocycles. The van der Waals surface area contributed by atoms with E-state index in [2.05, 4.69) is 4.18 Å². The zero-order chi connectivity index (χ0) is 17.8. The number of hydrogen-bond donors (Lipinski definition) is 0. The number of hydrogen-bond acceptors (Lipinski definition) is 6. The number of ether oxygens (including phenoxy) is 1. The maximum Gasteiger partial charge on any atom is 0.534 e. The van der Waals surface area contributed by atoms with Gasteiger partial charge in [0.05, 0.1) is 0 Å². The highest BCUT2D eigenvalue weighted by Crippen LogP contribution is 2.33. The highest BCUT2D eigenvalue weighted by atomic mass is 32.2. The van der Waals surface area contributed by atoms with Crippen LogP contribution in [0.5, 0.6) is 11.5 Å². The second kappa shape index (κ2) is 7.57. The van der Waals surface area contributed by atoms with E-state index in [0.29, 0.717) is 19.3 Å². The van der Waals surface area contributed by atoms with E-state index in [1.807, 2.05) is 0 Å². The molecular formula is C12H13BF4O6S. The first-order chi connectivity index (χ1) is 11.2. The van der Waals surface area contributed by atoms with Gasteiger partial charge in [-0.3, -0.25) is 0 Å². The summed E-state index contributed by atoms with van der Waals surface area (Å²) in [5.74, 6) is -2.15. The fourth-order valence-electron chi connectivity index (χ4n) is 1.76. The molecule has 1 heterocycles. The molecular weight excluding hydrogens is 359 g/mol. The number of alkyl halides is 3. The SMILES string of the molecule is O=S(=O)(Oc1ccc(F)cc1OCB1OCCCCO1)C(F)(F)F. The van der Waals surface area contributed by atoms with Crippen molar-refractivity contribution in [1.29, 1.82) is 0 Å². The van der Waals surface area contributed by atoms with Crippen LogP contribution in [0.1, 0.15) is 12.8 Å². The Morgan fingerprint density at radius 3 is 2.33 bits per heavy atom. The van der Waals surface area contributed by atoms with Crippen LogP contribution in [0, 0.1) is 5.82 Å². The van der Waals surface area contributed by atoms with Gasteiger partial charge < -0.3 is 18.2 Å². The van der Waals surface area contributed by atoms with Crippen molar-refractivity contribution in [2.45, 2.75) is 18.3 Å². The van der Waals surface area contributed by atoms with Crippen molar-refractivity contribution in [3.05, 3.63) is 24.0 Å². The molecule has 0 bridgehead atoms. The Hall–Kier alpha value is -1.53. The molecule has 1 aliphatic rings. The van der Waals surface area contributed by atoms with Crippen molar-refractivity contribution in [3.8, 4) is 11.5 Å². The van der Waals surface area contributed by atoms with Crippen LogP contribution < -0.4 is 8.92 Å². The lowest BCUT2D eigenvalue weighted by Crippen LogP contribution is -2.31. The molecule has 0 N–H and O–H groups in total. The summed E-state index contributed by atoms with van der Waals surface area (Å²) in [5, 5.41) is 0. The molecule has 0 saturated carbocycles. The van der Waals surface area contributed by atoms with Gasteiger partial charge in [-0.25, -0.2) is 4.39 Å². The van der Waals surface area contributed by atoms with E-state index in [4.69, 9.17) is 14.0 Å². The van der Waals surface area contributed by atoms with Crippen molar-refractivity contribution in [1.82, 2.24) is 0 Å². The number of halogens is 4. The molecule has 0 amide bonds. The molecule has 0 unspecified atom stereocenters. The summed E-state index contributed by atoms with van der Waals surface area (Å²) >= 11 is 0. The molecule has 0 spiro atoms. The van der Waals surface area contributed by atoms with Crippen LogP contribution in [-0.4, -0.2) is 40.8 Å². The molecule has 1 fully saturated rings. The Morgan fingerprint density at radius 1 is 1.12 bits per heavy atom. The fraction of sp³-hybridized carbons (Fsp3) is 0.500. The van der Waals surface area contributed by atoms with E-state index in [1.165, 1.54) is 0 Å². The lowest BCUT2D eigenvalue weighted by Gasteiger charge is -2.15. The number of rotatable bonds is 5. The second-order valence-electron chi connectivity index (χ2n) is 4.76. The highest BCUT2D eigenvalue weighted by molar-refractivity contribution is 7.88. The summed E-state index contributed by atoms with van der Waals surface area (Å²) < 4.78 is 92.2. The number of benzene rings is 1. The van der Waals surface area contributed by atoms with Gasteiger partial charge in [0.2, 0.25) is 0 Å². The minimum atomic E-state index is -5.90. The van der Waals surface area contributed by atoms with Gasteiger partial charge in [0.15, 0.2) is 11.5 Å². The predicted molar refractivity (Wildman–Crippen MR) is 74.4 cm³/mol. The van der Waals surface area contributed by atoms with E-state index in [-0.39, 0.29) is 6.51 Å². The van der Waals surface area contributed by atoms with E-state index >= 15 is 0 Å². The standard InChI is InChI=1S/C12H13BF4O6S/c14-9-3-4-10(23-24(18,19)12(15,16)17)11(7-9)20-8-13-21-5-1-2-6-22-13/h3-4,7H,1-2,5-6,8H2. The van der Waals surface area contributed by atoms with Crippen LogP contribution in [0.3, 0.4) is 0 Å². The Kier molecular flexibility index (Phi) is 5.94. The Labute approximate surface area is 135 Å². The van der Waals surface area contributed by atoms with E-state index in [1.54, 1.807) is 0 Å². The van der Waals surface area contributed by atoms with E-state index < -0.39 is 40.1 Å². The molecule has 12 heteroatoms. The first kappa shape index (κ1) is 18.8. The normalized spacial score (nSPS) is 16.6. The lowest BCUT2D eigenvalue weighted by molar-refractivity contribution is -0.0500. The molecule has 1 aromatic rings. The van der Waals surface area contributed by atoms with Crippen molar-refractivity contribution < 1.29 is 44.2 Å². The van der Waals surface area contributed by atoms with Gasteiger partial charge in [-0.15, -0.1) is 0 Å². The Bertz CT molecular complexity index is 658. The summed E-state index contributed by atoms with van der Waals surface area (Å²) in [7, 11) is -6.70. The van der Waals surface area contributed by atoms with Gasteiger partial charge in [0, 0.05) is 19.3 Å². The van der Waals surface area contributed by atoms with E-state index in [0.717, 1.165) is 25.0 Å². The quantitative estimate of drug-likeness (QED) is 0.342. The maximum absolute atomic E-state index is 13.3. The molecule has 1 aliphatic heterocycles. The highest BCUT2D eigenvalue weighted by Gasteiger charge is 2.49. The smallest absolute Gasteiger partial charge is 0.492 e. The first-order valence-electron chi connectivity index (χ1n) is 6.85. The average Bonchev–Trinajstić information content (AvgIpc) is 2.75. The van der Waals surface area contributed by atoms with Gasteiger partial charge in [-0.1, -0.05) is 0 Å². The maximum atomic E-state index is 13.3. The van der Waals surface area contributed by atoms with Gasteiger partial charge in [0.1, 0.15) is 12.3 Å². The van der Waals surface area contributed by atoms with Gasteiger partial charge in [-0.2, -0.15) is 21.6 Å². The molecule has 6 nitrogen and oxygen atoms in total. The third kappa shape index (κ3) is 4.98. The first-order valence-corrected chi connectivity index (χ1v) is 8.26. The zero-order valence-corrected chi connectivity index (χ0v) is 13.0. The third-order valence-electron chi connectivity index (χ3n) is 2.91. The molecule has 24 heavy (non-hydrogen) atoms. The van der Waals surface area contributed by atoms with Gasteiger partial charge in [0.25, 0.3) is 0 Å². The molecule has 0 radical (unpaired) electrons. The average molecular weight is 372 g/mol. The molecule has 1 aromatic carbocycles. The third-order valence-corrected chi connectivity index (χ3v) is 3.88. The summed E-state index contributed by atoms with van der Waals surface area (Å²) in [6.07, 6.45) is 1.54. The fourth-order valence-corrected chi connectivity index (χ4v) is 2.23. The Balaban J connectivity index is 2.12. The summed E-state index contributed by atoms with van der Waals surface area (Å²) in [6.45, 7) is 0.540. The summed E-state index contributed by atoms with van der Waals surface area (Å²) in [4.78, 5) is 0. The van der Waals surface area contributed by atoms with Crippen LogP contribution in [0.2, 0.25) is 0 Å². The van der Waals surface area contributed by atoms with Crippen molar-refractivity contribution in [2.75, 3.05) is 19.7 Å². The molecule has 1 saturated heterocycles. The van der Waals surface area contributed by atoms with Gasteiger partial charge >= 0.3 is 22.7 Å². The molecule has 134 valence electrons. The van der Waals surface area contributed by atoms with Crippen molar-refractivity contribution in [3.63, 3.8) is 0 Å². The van der Waals surface area contributed by atoms with Crippen LogP contribution in [0.25, 0.3) is 0 Å². The van der Waals surface area contributed by atoms with Crippen LogP contribution in [-0.2, 0) is 19.4 Å². The predicted octanol–water partition coefficient (Wildman–Crippen LogP) is 2.29. The minimum Gasteiger partial charge on any atom is -0.492 e. The second-order valence-corrected chi connectivity index (χ2v) is 6.30. The van der Waals surface area contributed by atoms with Gasteiger partial charge in [-0.05, 0) is 25.0 Å².